The van der Waals surface area contributed by atoms with Crippen LogP contribution in [0, 0.1) is 0 Å². The molecule has 6 heteroatoms. The number of aromatic nitrogens is 2. The lowest BCUT2D eigenvalue weighted by Crippen LogP contribution is -2.44. The molecule has 2 heterocycles. The zero-order valence-corrected chi connectivity index (χ0v) is 13.6. The molecule has 1 aliphatic rings. The Morgan fingerprint density at radius 1 is 1.39 bits per heavy atom. The van der Waals surface area contributed by atoms with Crippen LogP contribution in [0.4, 0.5) is 0 Å². The van der Waals surface area contributed by atoms with Crippen LogP contribution in [0.3, 0.4) is 0 Å². The number of hydrogen-bond donors (Lipinski definition) is 1. The van der Waals surface area contributed by atoms with Crippen molar-refractivity contribution in [1.29, 1.82) is 0 Å². The number of nitrogens with zero attached hydrogens (tertiary/aromatic N) is 3. The Balaban J connectivity index is 1.80. The number of piperidine rings is 1. The average molecular weight is 334 g/mol. The molecule has 122 valence electrons. The highest BCUT2D eigenvalue weighted by Gasteiger charge is 2.27. The van der Waals surface area contributed by atoms with E-state index in [0.29, 0.717) is 17.0 Å². The van der Waals surface area contributed by atoms with Gasteiger partial charge in [0.15, 0.2) is 0 Å². The van der Waals surface area contributed by atoms with Crippen LogP contribution < -0.4 is 0 Å². The maximum Gasteiger partial charge on any atom is 0.257 e. The number of hydrogen-bond acceptors (Lipinski definition) is 3. The summed E-state index contributed by atoms with van der Waals surface area (Å²) in [5, 5.41) is 14.1. The lowest BCUT2D eigenvalue weighted by atomic mass is 9.99. The normalized spacial score (nSPS) is 18.2. The molecule has 3 rings (SSSR count). The first-order chi connectivity index (χ1) is 11.2. The molecular weight excluding hydrogens is 314 g/mol. The number of carbonyl (C=O) groups is 1. The Hall–Kier alpha value is -1.85. The summed E-state index contributed by atoms with van der Waals surface area (Å²) in [7, 11) is 0. The third-order valence-corrected chi connectivity index (χ3v) is 4.49. The van der Waals surface area contributed by atoms with Crippen molar-refractivity contribution in [2.45, 2.75) is 31.7 Å². The smallest absolute Gasteiger partial charge is 0.257 e. The number of aliphatic hydroxyl groups excluding tert-OH is 1. The maximum absolute atomic E-state index is 12.8. The maximum atomic E-state index is 12.8. The van der Waals surface area contributed by atoms with Crippen molar-refractivity contribution in [2.75, 3.05) is 13.2 Å². The number of aliphatic hydroxyl groups is 1. The molecular formula is C17H20ClN3O2. The van der Waals surface area contributed by atoms with Crippen molar-refractivity contribution in [3.63, 3.8) is 0 Å². The molecule has 1 amide bonds. The lowest BCUT2D eigenvalue weighted by Gasteiger charge is -2.35. The summed E-state index contributed by atoms with van der Waals surface area (Å²) in [6.45, 7) is 0.849. The SMILES string of the molecule is O=C(c1cnn(-c2cccc(Cl)c2)c1)N1CCCCC1CCO. The zero-order chi connectivity index (χ0) is 16.2. The van der Waals surface area contributed by atoms with E-state index in [1.807, 2.05) is 17.0 Å². The van der Waals surface area contributed by atoms with Gasteiger partial charge in [-0.1, -0.05) is 17.7 Å². The minimum atomic E-state index is -0.0172. The Morgan fingerprint density at radius 3 is 3.04 bits per heavy atom. The van der Waals surface area contributed by atoms with Crippen LogP contribution >= 0.6 is 11.6 Å². The van der Waals surface area contributed by atoms with Crippen LogP contribution in [-0.2, 0) is 0 Å². The van der Waals surface area contributed by atoms with Crippen molar-refractivity contribution < 1.29 is 9.90 Å². The Bertz CT molecular complexity index is 684. The van der Waals surface area contributed by atoms with Gasteiger partial charge in [0.2, 0.25) is 0 Å². The average Bonchev–Trinajstić information content (AvgIpc) is 3.05. The second kappa shape index (κ2) is 7.15. The summed E-state index contributed by atoms with van der Waals surface area (Å²) < 4.78 is 1.66. The summed E-state index contributed by atoms with van der Waals surface area (Å²) in [5.74, 6) is -0.0172. The fraction of sp³-hybridized carbons (Fsp3) is 0.412. The minimum absolute atomic E-state index is 0.0172. The largest absolute Gasteiger partial charge is 0.396 e. The van der Waals surface area contributed by atoms with Gasteiger partial charge in [-0.25, -0.2) is 4.68 Å². The van der Waals surface area contributed by atoms with Crippen molar-refractivity contribution >= 4 is 17.5 Å². The molecule has 23 heavy (non-hydrogen) atoms. The third-order valence-electron chi connectivity index (χ3n) is 4.25. The highest BCUT2D eigenvalue weighted by molar-refractivity contribution is 6.30. The summed E-state index contributed by atoms with van der Waals surface area (Å²) in [6.07, 6.45) is 7.03. The van der Waals surface area contributed by atoms with E-state index in [-0.39, 0.29) is 18.6 Å². The number of benzene rings is 1. The van der Waals surface area contributed by atoms with Gasteiger partial charge < -0.3 is 10.0 Å². The van der Waals surface area contributed by atoms with E-state index < -0.39 is 0 Å². The Labute approximate surface area is 140 Å². The summed E-state index contributed by atoms with van der Waals surface area (Å²) in [4.78, 5) is 14.6. The van der Waals surface area contributed by atoms with Gasteiger partial charge in [0.25, 0.3) is 5.91 Å². The molecule has 0 bridgehead atoms. The van der Waals surface area contributed by atoms with Crippen LogP contribution in [0.5, 0.6) is 0 Å². The van der Waals surface area contributed by atoms with E-state index in [9.17, 15) is 9.90 Å². The molecule has 1 unspecified atom stereocenters. The molecule has 0 spiro atoms. The zero-order valence-electron chi connectivity index (χ0n) is 12.9. The van der Waals surface area contributed by atoms with Gasteiger partial charge in [-0.15, -0.1) is 0 Å². The van der Waals surface area contributed by atoms with Crippen LogP contribution in [0.15, 0.2) is 36.7 Å². The molecule has 2 aromatic rings. The first-order valence-electron chi connectivity index (χ1n) is 7.91. The van der Waals surface area contributed by atoms with Crippen molar-refractivity contribution in [3.05, 3.63) is 47.2 Å². The minimum Gasteiger partial charge on any atom is -0.396 e. The van der Waals surface area contributed by atoms with E-state index >= 15 is 0 Å². The van der Waals surface area contributed by atoms with Gasteiger partial charge in [-0.3, -0.25) is 4.79 Å². The first-order valence-corrected chi connectivity index (χ1v) is 8.29. The third kappa shape index (κ3) is 3.57. The number of halogens is 1. The van der Waals surface area contributed by atoms with Gasteiger partial charge >= 0.3 is 0 Å². The summed E-state index contributed by atoms with van der Waals surface area (Å²) >= 11 is 6.00. The monoisotopic (exact) mass is 333 g/mol. The summed E-state index contributed by atoms with van der Waals surface area (Å²) in [6, 6.07) is 7.47. The van der Waals surface area contributed by atoms with Crippen molar-refractivity contribution in [2.24, 2.45) is 0 Å². The van der Waals surface area contributed by atoms with Gasteiger partial charge in [-0.2, -0.15) is 5.10 Å². The molecule has 0 aliphatic carbocycles. The van der Waals surface area contributed by atoms with Crippen molar-refractivity contribution in [3.8, 4) is 5.69 Å². The Morgan fingerprint density at radius 2 is 2.26 bits per heavy atom. The molecule has 1 fully saturated rings. The molecule has 0 radical (unpaired) electrons. The highest BCUT2D eigenvalue weighted by Crippen LogP contribution is 2.22. The molecule has 1 saturated heterocycles. The van der Waals surface area contributed by atoms with E-state index in [1.54, 1.807) is 29.2 Å². The van der Waals surface area contributed by atoms with E-state index in [1.165, 1.54) is 0 Å². The fourth-order valence-electron chi connectivity index (χ4n) is 3.08. The number of carbonyl (C=O) groups excluding carboxylic acids is 1. The van der Waals surface area contributed by atoms with E-state index in [2.05, 4.69) is 5.10 Å². The van der Waals surface area contributed by atoms with Gasteiger partial charge in [0.1, 0.15) is 0 Å². The molecule has 1 aromatic carbocycles. The molecule has 1 N–H and O–H groups in total. The highest BCUT2D eigenvalue weighted by atomic mass is 35.5. The van der Waals surface area contributed by atoms with Crippen LogP contribution in [0.2, 0.25) is 5.02 Å². The first kappa shape index (κ1) is 16.0. The van der Waals surface area contributed by atoms with Crippen LogP contribution in [0.1, 0.15) is 36.0 Å². The van der Waals surface area contributed by atoms with Crippen LogP contribution in [0.25, 0.3) is 5.69 Å². The lowest BCUT2D eigenvalue weighted by molar-refractivity contribution is 0.0574. The molecule has 1 aromatic heterocycles. The van der Waals surface area contributed by atoms with Gasteiger partial charge in [0.05, 0.1) is 17.4 Å². The molecule has 1 aliphatic heterocycles. The predicted molar refractivity (Wildman–Crippen MR) is 89.0 cm³/mol. The second-order valence-electron chi connectivity index (χ2n) is 5.81. The number of amides is 1. The predicted octanol–water partition coefficient (Wildman–Crippen LogP) is 2.90. The van der Waals surface area contributed by atoms with Gasteiger partial charge in [-0.05, 0) is 43.9 Å². The summed E-state index contributed by atoms with van der Waals surface area (Å²) in [5.41, 5.74) is 1.39. The molecule has 1 atom stereocenters. The number of likely N-dealkylation sites (tertiary alicyclic amines) is 1. The van der Waals surface area contributed by atoms with Crippen molar-refractivity contribution in [1.82, 2.24) is 14.7 Å². The Kier molecular flexibility index (Phi) is 4.98. The van der Waals surface area contributed by atoms with E-state index in [4.69, 9.17) is 11.6 Å². The quantitative estimate of drug-likeness (QED) is 0.936. The fourth-order valence-corrected chi connectivity index (χ4v) is 3.26. The van der Waals surface area contributed by atoms with E-state index in [0.717, 1.165) is 31.5 Å². The topological polar surface area (TPSA) is 58.4 Å². The molecule has 0 saturated carbocycles. The second-order valence-corrected chi connectivity index (χ2v) is 6.25. The van der Waals surface area contributed by atoms with Crippen LogP contribution in [-0.4, -0.2) is 44.9 Å². The number of rotatable bonds is 4. The molecule has 5 nitrogen and oxygen atoms in total. The van der Waals surface area contributed by atoms with Gasteiger partial charge in [0, 0.05) is 30.4 Å². The standard InChI is InChI=1S/C17H20ClN3O2/c18-14-4-3-6-16(10-14)21-12-13(11-19-21)17(23)20-8-2-1-5-15(20)7-9-22/h3-4,6,10-12,15,22H,1-2,5,7-9H2.